The van der Waals surface area contributed by atoms with Crippen LogP contribution in [0, 0.1) is 0 Å². The van der Waals surface area contributed by atoms with Gasteiger partial charge in [0, 0.05) is 11.9 Å². The Kier molecular flexibility index (Phi) is 2.61. The minimum atomic E-state index is -0.415. The normalized spacial score (nSPS) is 19.8. The molecule has 16 heavy (non-hydrogen) atoms. The fraction of sp³-hybridized carbons (Fsp3) is 0.364. The van der Waals surface area contributed by atoms with Crippen LogP contribution >= 0.6 is 27.3 Å². The number of aryl methyl sites for hydroxylation is 1. The summed E-state index contributed by atoms with van der Waals surface area (Å²) < 4.78 is 3.05. The van der Waals surface area contributed by atoms with Gasteiger partial charge in [-0.3, -0.25) is 0 Å². The van der Waals surface area contributed by atoms with Gasteiger partial charge in [0.25, 0.3) is 0 Å². The summed E-state index contributed by atoms with van der Waals surface area (Å²) in [4.78, 5) is 5.52. The fourth-order valence-corrected chi connectivity index (χ4v) is 3.51. The minimum absolute atomic E-state index is 0.415. The van der Waals surface area contributed by atoms with Crippen LogP contribution in [-0.2, 0) is 6.42 Å². The topological polar surface area (TPSA) is 38.1 Å². The summed E-state index contributed by atoms with van der Waals surface area (Å²) in [5.74, 6) is 0.887. The molecule has 1 aliphatic rings. The maximum atomic E-state index is 10.0. The number of aliphatic hydroxyl groups is 1. The Bertz CT molecular complexity index is 520. The van der Waals surface area contributed by atoms with E-state index in [0.717, 1.165) is 39.4 Å². The van der Waals surface area contributed by atoms with Gasteiger partial charge in [-0.25, -0.2) is 4.98 Å². The predicted octanol–water partition coefficient (Wildman–Crippen LogP) is 3.20. The molecular formula is C11H11BrN2OS. The van der Waals surface area contributed by atoms with Gasteiger partial charge in [0.05, 0.1) is 8.66 Å². The van der Waals surface area contributed by atoms with Crippen molar-refractivity contribution in [1.29, 1.82) is 0 Å². The standard InChI is InChI=1S/C11H11BrN2OS/c12-9-5-4-8(16-9)11-13-6-7-2-1-3-10(15)14(7)11/h4-6,10,15H,1-3H2. The molecule has 3 rings (SSSR count). The maximum Gasteiger partial charge on any atom is 0.152 e. The van der Waals surface area contributed by atoms with Gasteiger partial charge in [0.15, 0.2) is 5.82 Å². The van der Waals surface area contributed by atoms with E-state index in [9.17, 15) is 5.11 Å². The largest absolute Gasteiger partial charge is 0.373 e. The van der Waals surface area contributed by atoms with E-state index < -0.39 is 6.23 Å². The lowest BCUT2D eigenvalue weighted by Crippen LogP contribution is -2.17. The van der Waals surface area contributed by atoms with Crippen molar-refractivity contribution < 1.29 is 5.11 Å². The number of thiophene rings is 1. The number of rotatable bonds is 1. The van der Waals surface area contributed by atoms with Crippen LogP contribution in [0.4, 0.5) is 0 Å². The first-order chi connectivity index (χ1) is 7.75. The molecule has 0 saturated carbocycles. The molecule has 0 amide bonds. The first-order valence-electron chi connectivity index (χ1n) is 5.25. The second-order valence-corrected chi connectivity index (χ2v) is 6.38. The Labute approximate surface area is 106 Å². The van der Waals surface area contributed by atoms with Gasteiger partial charge in [-0.2, -0.15) is 0 Å². The number of hydrogen-bond acceptors (Lipinski definition) is 3. The summed E-state index contributed by atoms with van der Waals surface area (Å²) in [6.45, 7) is 0. The van der Waals surface area contributed by atoms with E-state index in [1.807, 2.05) is 22.9 Å². The maximum absolute atomic E-state index is 10.0. The molecule has 1 aliphatic heterocycles. The summed E-state index contributed by atoms with van der Waals surface area (Å²) in [6.07, 6.45) is 4.34. The van der Waals surface area contributed by atoms with Crippen molar-refractivity contribution in [2.45, 2.75) is 25.5 Å². The number of aliphatic hydroxyl groups excluding tert-OH is 1. The van der Waals surface area contributed by atoms with Crippen LogP contribution in [0.5, 0.6) is 0 Å². The van der Waals surface area contributed by atoms with Crippen LogP contribution in [0.2, 0.25) is 0 Å². The third-order valence-electron chi connectivity index (χ3n) is 2.86. The highest BCUT2D eigenvalue weighted by molar-refractivity contribution is 9.11. The summed E-state index contributed by atoms with van der Waals surface area (Å²) in [7, 11) is 0. The van der Waals surface area contributed by atoms with Gasteiger partial charge < -0.3 is 9.67 Å². The second-order valence-electron chi connectivity index (χ2n) is 3.92. The molecule has 0 spiro atoms. The molecule has 0 aromatic carbocycles. The number of hydrogen-bond donors (Lipinski definition) is 1. The molecule has 0 radical (unpaired) electrons. The lowest BCUT2D eigenvalue weighted by atomic mass is 10.1. The van der Waals surface area contributed by atoms with Crippen molar-refractivity contribution in [3.05, 3.63) is 27.8 Å². The summed E-state index contributed by atoms with van der Waals surface area (Å²) in [5.41, 5.74) is 1.14. The molecule has 0 bridgehead atoms. The fourth-order valence-electron chi connectivity index (χ4n) is 2.13. The van der Waals surface area contributed by atoms with E-state index in [0.29, 0.717) is 0 Å². The highest BCUT2D eigenvalue weighted by Crippen LogP contribution is 2.34. The average Bonchev–Trinajstić information content (AvgIpc) is 2.84. The second kappa shape index (κ2) is 3.98. The van der Waals surface area contributed by atoms with E-state index in [-0.39, 0.29) is 0 Å². The van der Waals surface area contributed by atoms with Crippen molar-refractivity contribution >= 4 is 27.3 Å². The molecule has 3 nitrogen and oxygen atoms in total. The average molecular weight is 299 g/mol. The molecule has 2 aromatic heterocycles. The third-order valence-corrected chi connectivity index (χ3v) is 4.48. The van der Waals surface area contributed by atoms with Crippen molar-refractivity contribution in [2.24, 2.45) is 0 Å². The minimum Gasteiger partial charge on any atom is -0.373 e. The zero-order valence-electron chi connectivity index (χ0n) is 8.56. The highest BCUT2D eigenvalue weighted by Gasteiger charge is 2.22. The summed E-state index contributed by atoms with van der Waals surface area (Å²) in [5, 5.41) is 10.0. The third kappa shape index (κ3) is 1.63. The lowest BCUT2D eigenvalue weighted by Gasteiger charge is -2.22. The molecule has 0 aliphatic carbocycles. The number of fused-ring (bicyclic) bond motifs is 1. The Morgan fingerprint density at radius 3 is 3.12 bits per heavy atom. The SMILES string of the molecule is OC1CCCc2cnc(-c3ccc(Br)s3)n21. The molecule has 1 unspecified atom stereocenters. The monoisotopic (exact) mass is 298 g/mol. The van der Waals surface area contributed by atoms with Gasteiger partial charge in [-0.1, -0.05) is 0 Å². The molecule has 1 N–H and O–H groups in total. The van der Waals surface area contributed by atoms with Gasteiger partial charge in [-0.15, -0.1) is 11.3 Å². The number of halogens is 1. The molecule has 0 saturated heterocycles. The molecule has 5 heteroatoms. The summed E-state index contributed by atoms with van der Waals surface area (Å²) >= 11 is 5.09. The number of nitrogens with zero attached hydrogens (tertiary/aromatic N) is 2. The van der Waals surface area contributed by atoms with Crippen molar-refractivity contribution in [3.8, 4) is 10.7 Å². The van der Waals surface area contributed by atoms with E-state index in [4.69, 9.17) is 0 Å². The zero-order valence-corrected chi connectivity index (χ0v) is 11.0. The van der Waals surface area contributed by atoms with Gasteiger partial charge in [-0.05, 0) is 47.3 Å². The smallest absolute Gasteiger partial charge is 0.152 e. The van der Waals surface area contributed by atoms with Crippen LogP contribution in [0.1, 0.15) is 24.8 Å². The Hall–Kier alpha value is -0.650. The Morgan fingerprint density at radius 1 is 1.50 bits per heavy atom. The predicted molar refractivity (Wildman–Crippen MR) is 67.4 cm³/mol. The van der Waals surface area contributed by atoms with Crippen LogP contribution in [0.25, 0.3) is 10.7 Å². The molecular weight excluding hydrogens is 288 g/mol. The van der Waals surface area contributed by atoms with Crippen LogP contribution in [0.15, 0.2) is 22.1 Å². The van der Waals surface area contributed by atoms with Crippen LogP contribution in [0.3, 0.4) is 0 Å². The van der Waals surface area contributed by atoms with E-state index in [2.05, 4.69) is 20.9 Å². The van der Waals surface area contributed by atoms with Crippen LogP contribution < -0.4 is 0 Å². The van der Waals surface area contributed by atoms with E-state index in [1.54, 1.807) is 11.3 Å². The van der Waals surface area contributed by atoms with E-state index in [1.165, 1.54) is 0 Å². The van der Waals surface area contributed by atoms with Gasteiger partial charge >= 0.3 is 0 Å². The molecule has 3 heterocycles. The lowest BCUT2D eigenvalue weighted by molar-refractivity contribution is 0.0807. The van der Waals surface area contributed by atoms with Gasteiger partial charge in [0.1, 0.15) is 6.23 Å². The Morgan fingerprint density at radius 2 is 2.38 bits per heavy atom. The van der Waals surface area contributed by atoms with Crippen molar-refractivity contribution in [1.82, 2.24) is 9.55 Å². The zero-order chi connectivity index (χ0) is 11.1. The van der Waals surface area contributed by atoms with Crippen molar-refractivity contribution in [2.75, 3.05) is 0 Å². The van der Waals surface area contributed by atoms with Crippen LogP contribution in [-0.4, -0.2) is 14.7 Å². The first-order valence-corrected chi connectivity index (χ1v) is 6.86. The van der Waals surface area contributed by atoms with Crippen molar-refractivity contribution in [3.63, 3.8) is 0 Å². The highest BCUT2D eigenvalue weighted by atomic mass is 79.9. The number of imidazole rings is 1. The molecule has 2 aromatic rings. The van der Waals surface area contributed by atoms with Gasteiger partial charge in [0.2, 0.25) is 0 Å². The summed E-state index contributed by atoms with van der Waals surface area (Å²) in [6, 6.07) is 4.04. The molecule has 84 valence electrons. The Balaban J connectivity index is 2.12. The van der Waals surface area contributed by atoms with E-state index >= 15 is 0 Å². The quantitative estimate of drug-likeness (QED) is 0.878. The first kappa shape index (κ1) is 10.5. The number of aromatic nitrogens is 2. The molecule has 1 atom stereocenters. The molecule has 0 fully saturated rings.